The van der Waals surface area contributed by atoms with Gasteiger partial charge >= 0.3 is 0 Å². The second kappa shape index (κ2) is 5.00. The smallest absolute Gasteiger partial charge is 0.188 e. The van der Waals surface area contributed by atoms with Gasteiger partial charge in [0.2, 0.25) is 0 Å². The van der Waals surface area contributed by atoms with Gasteiger partial charge in [0.25, 0.3) is 0 Å². The van der Waals surface area contributed by atoms with Crippen molar-refractivity contribution in [1.82, 2.24) is 0 Å². The van der Waals surface area contributed by atoms with Gasteiger partial charge in [-0.25, -0.2) is 0 Å². The van der Waals surface area contributed by atoms with E-state index in [2.05, 4.69) is 6.08 Å². The summed E-state index contributed by atoms with van der Waals surface area (Å²) in [7, 11) is 0. The molecule has 3 aliphatic heterocycles. The van der Waals surface area contributed by atoms with E-state index < -0.39 is 17.9 Å². The molecule has 3 fully saturated rings. The molecule has 6 nitrogen and oxygen atoms in total. The van der Waals surface area contributed by atoms with E-state index in [1.165, 1.54) is 0 Å². The molecule has 130 valence electrons. The molecule has 0 aromatic carbocycles. The Bertz CT molecular complexity index is 527. The van der Waals surface area contributed by atoms with Crippen LogP contribution >= 0.6 is 0 Å². The Morgan fingerprint density at radius 2 is 1.87 bits per heavy atom. The Morgan fingerprint density at radius 1 is 1.09 bits per heavy atom. The van der Waals surface area contributed by atoms with Crippen LogP contribution < -0.4 is 0 Å². The average Bonchev–Trinajstić information content (AvgIpc) is 3.16. The summed E-state index contributed by atoms with van der Waals surface area (Å²) in [6, 6.07) is 0. The fourth-order valence-electron chi connectivity index (χ4n) is 4.40. The molecule has 5 atom stereocenters. The lowest BCUT2D eigenvalue weighted by Crippen LogP contribution is -2.46. The summed E-state index contributed by atoms with van der Waals surface area (Å²) in [6.07, 6.45) is 2.91. The number of rotatable bonds is 2. The summed E-state index contributed by atoms with van der Waals surface area (Å²) in [4.78, 5) is 0. The van der Waals surface area contributed by atoms with Crippen LogP contribution in [0.2, 0.25) is 0 Å². The molecule has 4 rings (SSSR count). The number of aliphatic hydroxyl groups excluding tert-OH is 1. The Labute approximate surface area is 136 Å². The van der Waals surface area contributed by atoms with E-state index in [0.29, 0.717) is 6.61 Å². The van der Waals surface area contributed by atoms with E-state index in [4.69, 9.17) is 23.7 Å². The molecule has 0 saturated carbocycles. The van der Waals surface area contributed by atoms with Gasteiger partial charge in [0.05, 0.1) is 13.2 Å². The highest BCUT2D eigenvalue weighted by Gasteiger charge is 2.66. The minimum atomic E-state index is -0.657. The minimum Gasteiger partial charge on any atom is -0.392 e. The number of fused-ring (bicyclic) bond motifs is 2. The fraction of sp³-hybridized carbons (Fsp3) is 0.882. The molecule has 0 bridgehead atoms. The van der Waals surface area contributed by atoms with Crippen LogP contribution in [0.5, 0.6) is 0 Å². The maximum atomic E-state index is 9.55. The van der Waals surface area contributed by atoms with Crippen molar-refractivity contribution in [1.29, 1.82) is 0 Å². The average molecular weight is 326 g/mol. The SMILES string of the molecule is CC1(C)OC[C@H]([C@H]2O[C@@H]3OC(C)(C)O[C@@H]3[C@]23C=C(CO)CC3)O1. The number of ether oxygens (including phenoxy) is 5. The van der Waals surface area contributed by atoms with Gasteiger partial charge < -0.3 is 28.8 Å². The van der Waals surface area contributed by atoms with Crippen molar-refractivity contribution in [3.8, 4) is 0 Å². The summed E-state index contributed by atoms with van der Waals surface area (Å²) >= 11 is 0. The lowest BCUT2D eigenvalue weighted by Gasteiger charge is -2.36. The predicted molar refractivity (Wildman–Crippen MR) is 80.4 cm³/mol. The zero-order chi connectivity index (χ0) is 16.5. The molecule has 1 spiro atoms. The Kier molecular flexibility index (Phi) is 3.48. The molecule has 0 amide bonds. The predicted octanol–water partition coefficient (Wildman–Crippen LogP) is 1.71. The standard InChI is InChI=1S/C17H26O6/c1-15(2)19-9-11(21-15)12-17(6-5-10(7-17)8-18)13-14(20-12)23-16(3,4)22-13/h7,11-14,18H,5-6,8-9H2,1-4H3/t11-,12-,13+,14-,17-/m1/s1. The maximum Gasteiger partial charge on any atom is 0.188 e. The van der Waals surface area contributed by atoms with Gasteiger partial charge in [-0.05, 0) is 46.1 Å². The van der Waals surface area contributed by atoms with Crippen LogP contribution in [0.1, 0.15) is 40.5 Å². The summed E-state index contributed by atoms with van der Waals surface area (Å²) in [6.45, 7) is 8.20. The number of hydrogen-bond acceptors (Lipinski definition) is 6. The van der Waals surface area contributed by atoms with E-state index in [1.54, 1.807) is 0 Å². The van der Waals surface area contributed by atoms with Crippen molar-refractivity contribution in [2.24, 2.45) is 5.41 Å². The fourth-order valence-corrected chi connectivity index (χ4v) is 4.40. The topological polar surface area (TPSA) is 66.4 Å². The molecule has 6 heteroatoms. The van der Waals surface area contributed by atoms with Crippen LogP contribution in [0.3, 0.4) is 0 Å². The summed E-state index contributed by atoms with van der Waals surface area (Å²) < 4.78 is 30.1. The second-order valence-electron chi connectivity index (χ2n) is 7.92. The first-order valence-electron chi connectivity index (χ1n) is 8.39. The lowest BCUT2D eigenvalue weighted by atomic mass is 9.76. The third kappa shape index (κ3) is 2.47. The van der Waals surface area contributed by atoms with Crippen LogP contribution in [0.15, 0.2) is 11.6 Å². The Balaban J connectivity index is 1.66. The largest absolute Gasteiger partial charge is 0.392 e. The molecule has 23 heavy (non-hydrogen) atoms. The summed E-state index contributed by atoms with van der Waals surface area (Å²) in [5.41, 5.74) is 0.705. The molecular formula is C17H26O6. The van der Waals surface area contributed by atoms with Crippen LogP contribution in [-0.2, 0) is 23.7 Å². The van der Waals surface area contributed by atoms with Crippen LogP contribution in [0, 0.1) is 5.41 Å². The molecule has 4 aliphatic rings. The van der Waals surface area contributed by atoms with Gasteiger partial charge in [-0.15, -0.1) is 0 Å². The summed E-state index contributed by atoms with van der Waals surface area (Å²) in [5.74, 6) is -1.26. The van der Waals surface area contributed by atoms with Crippen molar-refractivity contribution in [2.75, 3.05) is 13.2 Å². The molecule has 1 aliphatic carbocycles. The Morgan fingerprint density at radius 3 is 2.48 bits per heavy atom. The molecule has 3 heterocycles. The van der Waals surface area contributed by atoms with Crippen LogP contribution in [0.25, 0.3) is 0 Å². The second-order valence-corrected chi connectivity index (χ2v) is 7.92. The van der Waals surface area contributed by atoms with Crippen molar-refractivity contribution in [3.63, 3.8) is 0 Å². The third-order valence-corrected chi connectivity index (χ3v) is 5.32. The van der Waals surface area contributed by atoms with E-state index >= 15 is 0 Å². The molecule has 0 unspecified atom stereocenters. The zero-order valence-corrected chi connectivity index (χ0v) is 14.2. The van der Waals surface area contributed by atoms with Crippen molar-refractivity contribution >= 4 is 0 Å². The number of aliphatic hydroxyl groups is 1. The molecular weight excluding hydrogens is 300 g/mol. The molecule has 3 saturated heterocycles. The monoisotopic (exact) mass is 326 g/mol. The first kappa shape index (κ1) is 16.0. The zero-order valence-electron chi connectivity index (χ0n) is 14.2. The van der Waals surface area contributed by atoms with Gasteiger partial charge in [-0.3, -0.25) is 0 Å². The maximum absolute atomic E-state index is 9.55. The lowest BCUT2D eigenvalue weighted by molar-refractivity contribution is -0.233. The van der Waals surface area contributed by atoms with Gasteiger partial charge in [0, 0.05) is 5.41 Å². The van der Waals surface area contributed by atoms with Gasteiger partial charge in [-0.2, -0.15) is 0 Å². The van der Waals surface area contributed by atoms with E-state index in [-0.39, 0.29) is 30.3 Å². The van der Waals surface area contributed by atoms with E-state index in [9.17, 15) is 5.11 Å². The van der Waals surface area contributed by atoms with Gasteiger partial charge in [0.1, 0.15) is 18.3 Å². The van der Waals surface area contributed by atoms with Crippen molar-refractivity contribution in [2.45, 2.75) is 76.7 Å². The molecule has 0 radical (unpaired) electrons. The minimum absolute atomic E-state index is 0.0730. The van der Waals surface area contributed by atoms with Crippen molar-refractivity contribution < 1.29 is 28.8 Å². The van der Waals surface area contributed by atoms with Gasteiger partial charge in [0.15, 0.2) is 17.9 Å². The Hall–Kier alpha value is -0.500. The highest BCUT2D eigenvalue weighted by molar-refractivity contribution is 5.26. The first-order valence-corrected chi connectivity index (χ1v) is 8.39. The normalized spacial score (nSPS) is 47.3. The number of hydrogen-bond donors (Lipinski definition) is 1. The quantitative estimate of drug-likeness (QED) is 0.779. The molecule has 1 N–H and O–H groups in total. The van der Waals surface area contributed by atoms with Crippen LogP contribution in [0.4, 0.5) is 0 Å². The third-order valence-electron chi connectivity index (χ3n) is 5.32. The van der Waals surface area contributed by atoms with Gasteiger partial charge in [-0.1, -0.05) is 6.08 Å². The van der Waals surface area contributed by atoms with Crippen LogP contribution in [-0.4, -0.2) is 54.5 Å². The molecule has 0 aromatic rings. The highest BCUT2D eigenvalue weighted by atomic mass is 16.8. The van der Waals surface area contributed by atoms with E-state index in [0.717, 1.165) is 18.4 Å². The highest BCUT2D eigenvalue weighted by Crippen LogP contribution is 2.56. The molecule has 0 aromatic heterocycles. The van der Waals surface area contributed by atoms with Crippen molar-refractivity contribution in [3.05, 3.63) is 11.6 Å². The first-order chi connectivity index (χ1) is 10.7. The van der Waals surface area contributed by atoms with E-state index in [1.807, 2.05) is 27.7 Å². The summed E-state index contributed by atoms with van der Waals surface area (Å²) in [5, 5.41) is 9.55.